The zero-order chi connectivity index (χ0) is 26.6. The van der Waals surface area contributed by atoms with Crippen molar-refractivity contribution >= 4 is 12.6 Å². The number of hydrogen-bond acceptors (Lipinski definition) is 4. The predicted molar refractivity (Wildman–Crippen MR) is 159 cm³/mol. The Morgan fingerprint density at radius 1 is 0.385 bits per heavy atom. The lowest BCUT2D eigenvalue weighted by atomic mass is 9.80. The molecule has 0 saturated carbocycles. The molecule has 0 radical (unpaired) electrons. The van der Waals surface area contributed by atoms with Gasteiger partial charge in [-0.3, -0.25) is 0 Å². The molecule has 6 rings (SSSR count). The van der Waals surface area contributed by atoms with E-state index in [1.54, 1.807) is 12.1 Å². The first-order valence-electron chi connectivity index (χ1n) is 12.8. The number of nitrogens with zero attached hydrogens (tertiary/aromatic N) is 2. The Labute approximate surface area is 228 Å². The van der Waals surface area contributed by atoms with Crippen LogP contribution in [0.3, 0.4) is 0 Å². The molecule has 2 N–H and O–H groups in total. The SMILES string of the molecule is OB(O)c1ccc(-c2nc(-c3ccc(-c4ccccc4)cc3)cc(-c3ccc(-c4ccccc4)cc3)n2)cc1. The van der Waals surface area contributed by atoms with Crippen LogP contribution in [0, 0.1) is 0 Å². The summed E-state index contributed by atoms with van der Waals surface area (Å²) in [4.78, 5) is 9.81. The molecule has 0 amide bonds. The van der Waals surface area contributed by atoms with Crippen LogP contribution in [0.2, 0.25) is 0 Å². The van der Waals surface area contributed by atoms with Crippen LogP contribution >= 0.6 is 0 Å². The van der Waals surface area contributed by atoms with E-state index < -0.39 is 7.12 Å². The molecular weight excluding hydrogens is 479 g/mol. The maximum absolute atomic E-state index is 9.50. The smallest absolute Gasteiger partial charge is 0.423 e. The van der Waals surface area contributed by atoms with Gasteiger partial charge >= 0.3 is 7.12 Å². The molecule has 0 saturated heterocycles. The summed E-state index contributed by atoms with van der Waals surface area (Å²) >= 11 is 0. The van der Waals surface area contributed by atoms with Crippen molar-refractivity contribution in [1.29, 1.82) is 0 Å². The molecule has 0 aliphatic rings. The Bertz CT molecular complexity index is 1580. The highest BCUT2D eigenvalue weighted by Gasteiger charge is 2.14. The molecule has 4 nitrogen and oxygen atoms in total. The fraction of sp³-hybridized carbons (Fsp3) is 0. The van der Waals surface area contributed by atoms with Gasteiger partial charge in [-0.1, -0.05) is 133 Å². The van der Waals surface area contributed by atoms with Gasteiger partial charge in [0, 0.05) is 16.7 Å². The van der Waals surface area contributed by atoms with Crippen LogP contribution in [0.15, 0.2) is 140 Å². The summed E-state index contributed by atoms with van der Waals surface area (Å²) in [5, 5.41) is 19.0. The summed E-state index contributed by atoms with van der Waals surface area (Å²) in [7, 11) is -1.52. The van der Waals surface area contributed by atoms with Gasteiger partial charge in [0.25, 0.3) is 0 Å². The largest absolute Gasteiger partial charge is 0.488 e. The van der Waals surface area contributed by atoms with Gasteiger partial charge in [-0.05, 0) is 33.8 Å². The van der Waals surface area contributed by atoms with Crippen molar-refractivity contribution in [1.82, 2.24) is 9.97 Å². The fourth-order valence-electron chi connectivity index (χ4n) is 4.60. The zero-order valence-corrected chi connectivity index (χ0v) is 21.1. The third-order valence-corrected chi connectivity index (χ3v) is 6.77. The van der Waals surface area contributed by atoms with E-state index in [4.69, 9.17) is 9.97 Å². The second-order valence-corrected chi connectivity index (χ2v) is 9.34. The highest BCUT2D eigenvalue weighted by Crippen LogP contribution is 2.30. The van der Waals surface area contributed by atoms with Gasteiger partial charge in [-0.2, -0.15) is 0 Å². The third kappa shape index (κ3) is 5.41. The van der Waals surface area contributed by atoms with E-state index >= 15 is 0 Å². The van der Waals surface area contributed by atoms with Crippen LogP contribution in [0.25, 0.3) is 56.2 Å². The molecule has 1 aromatic heterocycles. The van der Waals surface area contributed by atoms with Gasteiger partial charge in [0.05, 0.1) is 11.4 Å². The lowest BCUT2D eigenvalue weighted by Gasteiger charge is -2.11. The molecule has 5 aromatic carbocycles. The Morgan fingerprint density at radius 2 is 0.744 bits per heavy atom. The summed E-state index contributed by atoms with van der Waals surface area (Å²) in [6.07, 6.45) is 0. The third-order valence-electron chi connectivity index (χ3n) is 6.77. The monoisotopic (exact) mass is 504 g/mol. The van der Waals surface area contributed by atoms with E-state index in [2.05, 4.69) is 72.8 Å². The Hall–Kier alpha value is -4.84. The van der Waals surface area contributed by atoms with Crippen LogP contribution in [-0.4, -0.2) is 27.1 Å². The van der Waals surface area contributed by atoms with Crippen LogP contribution in [0.1, 0.15) is 0 Å². The van der Waals surface area contributed by atoms with E-state index in [0.29, 0.717) is 11.3 Å². The second kappa shape index (κ2) is 10.9. The van der Waals surface area contributed by atoms with Gasteiger partial charge in [-0.15, -0.1) is 0 Å². The summed E-state index contributed by atoms with van der Waals surface area (Å²) in [6, 6.07) is 46.4. The average molecular weight is 504 g/mol. The number of benzene rings is 5. The standard InChI is InChI=1S/C34H25BN2O2/c38-35(39)31-21-19-30(20-22-31)34-36-32(28-15-11-26(12-16-28)24-7-3-1-4-8-24)23-33(37-34)29-17-13-27(14-18-29)25-9-5-2-6-10-25/h1-23,38-39H. The average Bonchev–Trinajstić information content (AvgIpc) is 3.02. The second-order valence-electron chi connectivity index (χ2n) is 9.34. The fourth-order valence-corrected chi connectivity index (χ4v) is 4.60. The van der Waals surface area contributed by atoms with E-state index in [1.165, 1.54) is 0 Å². The van der Waals surface area contributed by atoms with Gasteiger partial charge in [0.2, 0.25) is 0 Å². The Kier molecular flexibility index (Phi) is 6.83. The zero-order valence-electron chi connectivity index (χ0n) is 21.1. The molecule has 0 aliphatic carbocycles. The van der Waals surface area contributed by atoms with Crippen LogP contribution < -0.4 is 5.46 Å². The van der Waals surface area contributed by atoms with Crippen molar-refractivity contribution in [2.75, 3.05) is 0 Å². The Balaban J connectivity index is 1.41. The molecule has 5 heteroatoms. The molecule has 0 aliphatic heterocycles. The van der Waals surface area contributed by atoms with E-state index in [9.17, 15) is 10.0 Å². The minimum absolute atomic E-state index is 0.420. The van der Waals surface area contributed by atoms with Gasteiger partial charge in [0.15, 0.2) is 5.82 Å². The van der Waals surface area contributed by atoms with Crippen molar-refractivity contribution < 1.29 is 10.0 Å². The molecule has 39 heavy (non-hydrogen) atoms. The minimum atomic E-state index is -1.52. The molecule has 6 aromatic rings. The highest BCUT2D eigenvalue weighted by molar-refractivity contribution is 6.58. The normalized spacial score (nSPS) is 10.8. The van der Waals surface area contributed by atoms with Gasteiger partial charge in [0.1, 0.15) is 0 Å². The number of rotatable bonds is 6. The summed E-state index contributed by atoms with van der Waals surface area (Å²) < 4.78 is 0. The highest BCUT2D eigenvalue weighted by atomic mass is 16.4. The molecule has 1 heterocycles. The number of hydrogen-bond donors (Lipinski definition) is 2. The van der Waals surface area contributed by atoms with E-state index in [1.807, 2.05) is 54.6 Å². The van der Waals surface area contributed by atoms with E-state index in [0.717, 1.165) is 50.3 Å². The molecule has 186 valence electrons. The summed E-state index contributed by atoms with van der Waals surface area (Å²) in [6.45, 7) is 0. The van der Waals surface area contributed by atoms with Gasteiger partial charge < -0.3 is 10.0 Å². The molecule has 0 fully saturated rings. The van der Waals surface area contributed by atoms with Crippen LogP contribution in [0.5, 0.6) is 0 Å². The van der Waals surface area contributed by atoms with Crippen molar-refractivity contribution in [3.05, 3.63) is 140 Å². The molecule has 0 atom stereocenters. The molecule has 0 unspecified atom stereocenters. The van der Waals surface area contributed by atoms with Crippen LogP contribution in [0.4, 0.5) is 0 Å². The molecular formula is C34H25BN2O2. The number of aromatic nitrogens is 2. The first kappa shape index (κ1) is 24.5. The minimum Gasteiger partial charge on any atom is -0.423 e. The molecule has 0 spiro atoms. The first-order chi connectivity index (χ1) is 19.1. The maximum Gasteiger partial charge on any atom is 0.488 e. The summed E-state index contributed by atoms with van der Waals surface area (Å²) in [5.74, 6) is 0.570. The van der Waals surface area contributed by atoms with Crippen molar-refractivity contribution in [3.63, 3.8) is 0 Å². The molecule has 0 bridgehead atoms. The lowest BCUT2D eigenvalue weighted by Crippen LogP contribution is -2.29. The summed E-state index contributed by atoms with van der Waals surface area (Å²) in [5.41, 5.74) is 9.43. The quantitative estimate of drug-likeness (QED) is 0.255. The van der Waals surface area contributed by atoms with Gasteiger partial charge in [-0.25, -0.2) is 9.97 Å². The Morgan fingerprint density at radius 3 is 1.15 bits per heavy atom. The van der Waals surface area contributed by atoms with Crippen LogP contribution in [-0.2, 0) is 0 Å². The van der Waals surface area contributed by atoms with Crippen molar-refractivity contribution in [2.45, 2.75) is 0 Å². The van der Waals surface area contributed by atoms with Crippen molar-refractivity contribution in [2.24, 2.45) is 0 Å². The van der Waals surface area contributed by atoms with Crippen molar-refractivity contribution in [3.8, 4) is 56.2 Å². The maximum atomic E-state index is 9.50. The predicted octanol–water partition coefficient (Wildman–Crippen LogP) is 6.49. The first-order valence-corrected chi connectivity index (χ1v) is 12.8. The van der Waals surface area contributed by atoms with E-state index in [-0.39, 0.29) is 0 Å². The lowest BCUT2D eigenvalue weighted by molar-refractivity contribution is 0.426. The topological polar surface area (TPSA) is 66.2 Å².